The first kappa shape index (κ1) is 23.2. The Kier molecular flexibility index (Phi) is 7.23. The number of likely N-dealkylation sites (tertiary alicyclic amines) is 1. The van der Waals surface area contributed by atoms with Crippen LogP contribution in [0.2, 0.25) is 5.02 Å². The van der Waals surface area contributed by atoms with Gasteiger partial charge in [0.15, 0.2) is 11.5 Å². The van der Waals surface area contributed by atoms with Crippen LogP contribution in [0.5, 0.6) is 11.5 Å². The van der Waals surface area contributed by atoms with Gasteiger partial charge in [0.1, 0.15) is 6.10 Å². The van der Waals surface area contributed by atoms with E-state index in [-0.39, 0.29) is 12.0 Å². The average Bonchev–Trinajstić information content (AvgIpc) is 3.09. The number of carbonyl (C=O) groups excluding carboxylic acids is 1. The number of rotatable bonds is 7. The average molecular weight is 468 g/mol. The van der Waals surface area contributed by atoms with Gasteiger partial charge in [-0.2, -0.15) is 5.10 Å². The molecule has 4 rings (SSSR count). The third-order valence-electron chi connectivity index (χ3n) is 6.05. The summed E-state index contributed by atoms with van der Waals surface area (Å²) >= 11 is 6.32. The van der Waals surface area contributed by atoms with Gasteiger partial charge < -0.3 is 14.4 Å². The highest BCUT2D eigenvalue weighted by molar-refractivity contribution is 6.31. The second-order valence-corrected chi connectivity index (χ2v) is 8.69. The van der Waals surface area contributed by atoms with E-state index in [2.05, 4.69) is 5.10 Å². The molecule has 1 saturated heterocycles. The van der Waals surface area contributed by atoms with E-state index < -0.39 is 0 Å². The zero-order chi connectivity index (χ0) is 23.4. The van der Waals surface area contributed by atoms with Crippen LogP contribution in [0.3, 0.4) is 0 Å². The highest BCUT2D eigenvalue weighted by atomic mass is 35.5. The lowest BCUT2D eigenvalue weighted by molar-refractivity contribution is 0.0588. The molecule has 0 atom stereocenters. The minimum absolute atomic E-state index is 0.0311. The van der Waals surface area contributed by atoms with Crippen molar-refractivity contribution in [3.05, 3.63) is 76.1 Å². The molecule has 0 spiro atoms. The molecular weight excluding hydrogens is 438 g/mol. The number of ether oxygens (including phenoxy) is 2. The summed E-state index contributed by atoms with van der Waals surface area (Å²) in [6.45, 7) is 8.23. The van der Waals surface area contributed by atoms with Crippen molar-refractivity contribution in [3.8, 4) is 11.5 Å². The molecule has 1 aliphatic rings. The van der Waals surface area contributed by atoms with Gasteiger partial charge in [-0.05, 0) is 44.5 Å². The van der Waals surface area contributed by atoms with E-state index in [1.807, 2.05) is 78.9 Å². The molecule has 0 bridgehead atoms. The lowest BCUT2D eigenvalue weighted by atomic mass is 10.1. The van der Waals surface area contributed by atoms with E-state index >= 15 is 0 Å². The molecule has 1 amide bonds. The molecule has 0 saturated carbocycles. The van der Waals surface area contributed by atoms with E-state index in [0.29, 0.717) is 36.8 Å². The first-order valence-electron chi connectivity index (χ1n) is 11.4. The number of amides is 1. The van der Waals surface area contributed by atoms with Gasteiger partial charge in [0.05, 0.1) is 24.4 Å². The largest absolute Gasteiger partial charge is 0.490 e. The Balaban J connectivity index is 1.41. The minimum Gasteiger partial charge on any atom is -0.490 e. The van der Waals surface area contributed by atoms with Crippen molar-refractivity contribution in [1.29, 1.82) is 0 Å². The van der Waals surface area contributed by atoms with Crippen molar-refractivity contribution >= 4 is 17.5 Å². The number of nitrogens with zero attached hydrogens (tertiary/aromatic N) is 3. The Bertz CT molecular complexity index is 1120. The summed E-state index contributed by atoms with van der Waals surface area (Å²) in [5, 5.41) is 5.33. The van der Waals surface area contributed by atoms with Crippen LogP contribution in [0.15, 0.2) is 48.5 Å². The van der Waals surface area contributed by atoms with Crippen LogP contribution in [-0.2, 0) is 6.54 Å². The Morgan fingerprint density at radius 1 is 1.06 bits per heavy atom. The summed E-state index contributed by atoms with van der Waals surface area (Å²) in [6.07, 6.45) is 1.61. The molecule has 0 unspecified atom stereocenters. The van der Waals surface area contributed by atoms with Crippen LogP contribution < -0.4 is 9.47 Å². The normalized spacial score (nSPS) is 14.4. The fourth-order valence-electron chi connectivity index (χ4n) is 4.29. The Morgan fingerprint density at radius 2 is 1.73 bits per heavy atom. The number of benzene rings is 2. The van der Waals surface area contributed by atoms with Crippen LogP contribution in [0, 0.1) is 13.8 Å². The number of para-hydroxylation sites is 2. The van der Waals surface area contributed by atoms with Crippen molar-refractivity contribution in [3.63, 3.8) is 0 Å². The third kappa shape index (κ3) is 5.17. The topological polar surface area (TPSA) is 56.6 Å². The molecule has 1 aliphatic heterocycles. The van der Waals surface area contributed by atoms with E-state index in [1.54, 1.807) is 0 Å². The van der Waals surface area contributed by atoms with Crippen LogP contribution in [-0.4, -0.2) is 46.4 Å². The second-order valence-electron chi connectivity index (χ2n) is 8.28. The van der Waals surface area contributed by atoms with Gasteiger partial charge in [-0.1, -0.05) is 41.9 Å². The molecule has 174 valence electrons. The van der Waals surface area contributed by atoms with Crippen molar-refractivity contribution in [2.24, 2.45) is 0 Å². The zero-order valence-corrected chi connectivity index (χ0v) is 20.1. The van der Waals surface area contributed by atoms with Gasteiger partial charge in [0.2, 0.25) is 0 Å². The molecule has 0 aliphatic carbocycles. The lowest BCUT2D eigenvalue weighted by Crippen LogP contribution is -2.42. The summed E-state index contributed by atoms with van der Waals surface area (Å²) in [6, 6.07) is 15.5. The monoisotopic (exact) mass is 467 g/mol. The maximum absolute atomic E-state index is 13.4. The molecule has 0 N–H and O–H groups in total. The smallest absolute Gasteiger partial charge is 0.257 e. The van der Waals surface area contributed by atoms with Crippen molar-refractivity contribution in [2.75, 3.05) is 19.7 Å². The fraction of sp³-hybridized carbons (Fsp3) is 0.385. The molecular formula is C26H30ClN3O3. The Hall–Kier alpha value is -2.99. The fourth-order valence-corrected chi connectivity index (χ4v) is 4.48. The number of piperidine rings is 1. The third-order valence-corrected chi connectivity index (χ3v) is 6.41. The summed E-state index contributed by atoms with van der Waals surface area (Å²) in [4.78, 5) is 15.3. The molecule has 2 aromatic carbocycles. The van der Waals surface area contributed by atoms with Crippen LogP contribution >= 0.6 is 11.6 Å². The summed E-state index contributed by atoms with van der Waals surface area (Å²) in [7, 11) is 0. The van der Waals surface area contributed by atoms with Gasteiger partial charge in [-0.3, -0.25) is 9.48 Å². The summed E-state index contributed by atoms with van der Waals surface area (Å²) in [5.74, 6) is 1.55. The molecule has 2 heterocycles. The molecule has 7 heteroatoms. The Labute approximate surface area is 200 Å². The van der Waals surface area contributed by atoms with Crippen molar-refractivity contribution < 1.29 is 14.3 Å². The van der Waals surface area contributed by atoms with Crippen LogP contribution in [0.4, 0.5) is 0 Å². The van der Waals surface area contributed by atoms with Gasteiger partial charge in [0, 0.05) is 36.6 Å². The first-order valence-corrected chi connectivity index (χ1v) is 11.8. The van der Waals surface area contributed by atoms with E-state index in [4.69, 9.17) is 21.1 Å². The maximum atomic E-state index is 13.4. The van der Waals surface area contributed by atoms with Crippen molar-refractivity contribution in [1.82, 2.24) is 14.7 Å². The quantitative estimate of drug-likeness (QED) is 0.474. The highest BCUT2D eigenvalue weighted by Gasteiger charge is 2.29. The number of hydrogen-bond acceptors (Lipinski definition) is 4. The molecule has 0 radical (unpaired) electrons. The van der Waals surface area contributed by atoms with E-state index in [9.17, 15) is 4.79 Å². The van der Waals surface area contributed by atoms with E-state index in [0.717, 1.165) is 41.3 Å². The number of aryl methyl sites for hydroxylation is 1. The first-order chi connectivity index (χ1) is 16.0. The lowest BCUT2D eigenvalue weighted by Gasteiger charge is -2.32. The van der Waals surface area contributed by atoms with E-state index in [1.165, 1.54) is 0 Å². The van der Waals surface area contributed by atoms with Crippen molar-refractivity contribution in [2.45, 2.75) is 46.3 Å². The SMILES string of the molecule is CCOc1ccccc1OC1CCN(C(=O)c2c(C)nn(Cc3ccccc3Cl)c2C)CC1. The predicted molar refractivity (Wildman–Crippen MR) is 129 cm³/mol. The molecule has 1 aromatic heterocycles. The van der Waals surface area contributed by atoms with Crippen LogP contribution in [0.25, 0.3) is 0 Å². The standard InChI is InChI=1S/C26H30ClN3O3/c1-4-32-23-11-7-8-12-24(23)33-21-13-15-29(16-14-21)26(31)25-18(2)28-30(19(25)3)17-20-9-5-6-10-22(20)27/h5-12,21H,4,13-17H2,1-3H3. The maximum Gasteiger partial charge on any atom is 0.257 e. The molecule has 33 heavy (non-hydrogen) atoms. The predicted octanol–water partition coefficient (Wildman–Crippen LogP) is 5.28. The van der Waals surface area contributed by atoms with Gasteiger partial charge in [-0.25, -0.2) is 0 Å². The second kappa shape index (κ2) is 10.3. The van der Waals surface area contributed by atoms with Gasteiger partial charge >= 0.3 is 0 Å². The molecule has 3 aromatic rings. The molecule has 1 fully saturated rings. The number of halogens is 1. The van der Waals surface area contributed by atoms with Gasteiger partial charge in [0.25, 0.3) is 5.91 Å². The number of aromatic nitrogens is 2. The minimum atomic E-state index is 0.0311. The highest BCUT2D eigenvalue weighted by Crippen LogP contribution is 2.30. The zero-order valence-electron chi connectivity index (χ0n) is 19.4. The van der Waals surface area contributed by atoms with Gasteiger partial charge in [-0.15, -0.1) is 0 Å². The van der Waals surface area contributed by atoms with Crippen LogP contribution in [0.1, 0.15) is 47.1 Å². The number of hydrogen-bond donors (Lipinski definition) is 0. The summed E-state index contributed by atoms with van der Waals surface area (Å²) < 4.78 is 13.7. The number of carbonyl (C=O) groups is 1. The Morgan fingerprint density at radius 3 is 2.42 bits per heavy atom. The molecule has 6 nitrogen and oxygen atoms in total. The summed E-state index contributed by atoms with van der Waals surface area (Å²) in [5.41, 5.74) is 3.27.